The van der Waals surface area contributed by atoms with Crippen molar-refractivity contribution < 1.29 is 8.42 Å². The fourth-order valence-electron chi connectivity index (χ4n) is 1.52. The number of rotatable bonds is 5. The summed E-state index contributed by atoms with van der Waals surface area (Å²) < 4.78 is 25.0. The predicted molar refractivity (Wildman–Crippen MR) is 76.7 cm³/mol. The lowest BCUT2D eigenvalue weighted by molar-refractivity contribution is 0.476. The molecule has 0 aromatic carbocycles. The summed E-state index contributed by atoms with van der Waals surface area (Å²) in [4.78, 5) is 7.89. The van der Waals surface area contributed by atoms with Gasteiger partial charge >= 0.3 is 0 Å². The highest BCUT2D eigenvalue weighted by atomic mass is 35.5. The molecule has 0 radical (unpaired) electrons. The van der Waals surface area contributed by atoms with Crippen LogP contribution >= 0.6 is 11.6 Å². The fraction of sp³-hybridized carbons (Fsp3) is 0.600. The molecule has 0 aliphatic rings. The van der Waals surface area contributed by atoms with Gasteiger partial charge in [0.1, 0.15) is 0 Å². The molecule has 0 bridgehead atoms. The molecule has 7 nitrogen and oxygen atoms in total. The quantitative estimate of drug-likeness (QED) is 0.693. The summed E-state index contributed by atoms with van der Waals surface area (Å²) in [5.41, 5.74) is 6.09. The Morgan fingerprint density at radius 2 is 1.95 bits per heavy atom. The van der Waals surface area contributed by atoms with Gasteiger partial charge in [0.2, 0.25) is 15.3 Å². The Morgan fingerprint density at radius 3 is 2.47 bits per heavy atom. The summed E-state index contributed by atoms with van der Waals surface area (Å²) in [7, 11) is -3.29. The van der Waals surface area contributed by atoms with Gasteiger partial charge in [-0.15, -0.1) is 0 Å². The summed E-state index contributed by atoms with van der Waals surface area (Å²) in [5, 5.41) is 3.06. The lowest BCUT2D eigenvalue weighted by Crippen LogP contribution is -2.47. The van der Waals surface area contributed by atoms with Crippen LogP contribution in [0.4, 0.5) is 11.5 Å². The maximum absolute atomic E-state index is 11.2. The molecule has 0 fully saturated rings. The van der Waals surface area contributed by atoms with Crippen LogP contribution in [-0.2, 0) is 10.0 Å². The van der Waals surface area contributed by atoms with Crippen molar-refractivity contribution in [2.24, 2.45) is 0 Å². The number of halogens is 1. The molecular weight excluding hydrogens is 290 g/mol. The molecule has 19 heavy (non-hydrogen) atoms. The van der Waals surface area contributed by atoms with Crippen molar-refractivity contribution in [2.45, 2.75) is 26.3 Å². The van der Waals surface area contributed by atoms with Crippen LogP contribution in [0.3, 0.4) is 0 Å². The van der Waals surface area contributed by atoms with Crippen molar-refractivity contribution in [1.29, 1.82) is 0 Å². The molecule has 1 rings (SSSR count). The molecule has 0 aliphatic carbocycles. The number of nitrogens with zero attached hydrogens (tertiary/aromatic N) is 2. The standard InChI is InChI=1S/C10H18ClN5O2S/c1-6-7(12)8(15-9(11)14-6)13-5-10(2,3)16-19(4,17)18/h16H,5,12H2,1-4H3,(H,13,14,15). The Morgan fingerprint density at radius 1 is 1.37 bits per heavy atom. The molecule has 108 valence electrons. The van der Waals surface area contributed by atoms with E-state index in [-0.39, 0.29) is 5.28 Å². The van der Waals surface area contributed by atoms with Crippen molar-refractivity contribution in [3.63, 3.8) is 0 Å². The first-order valence-corrected chi connectivity index (χ1v) is 7.79. The van der Waals surface area contributed by atoms with Crippen LogP contribution in [0.25, 0.3) is 0 Å². The van der Waals surface area contributed by atoms with Gasteiger partial charge in [-0.25, -0.2) is 18.1 Å². The third-order valence-electron chi connectivity index (χ3n) is 2.27. The number of nitrogen functional groups attached to an aromatic ring is 1. The van der Waals surface area contributed by atoms with E-state index in [2.05, 4.69) is 20.0 Å². The van der Waals surface area contributed by atoms with Gasteiger partial charge in [-0.3, -0.25) is 0 Å². The molecule has 0 saturated carbocycles. The first-order chi connectivity index (χ1) is 8.50. The summed E-state index contributed by atoms with van der Waals surface area (Å²) >= 11 is 5.75. The number of nitrogens with one attached hydrogen (secondary N) is 2. The van der Waals surface area contributed by atoms with Crippen molar-refractivity contribution in [2.75, 3.05) is 23.9 Å². The van der Waals surface area contributed by atoms with Crippen LogP contribution in [-0.4, -0.2) is 36.7 Å². The zero-order valence-electron chi connectivity index (χ0n) is 11.3. The summed E-state index contributed by atoms with van der Waals surface area (Å²) in [6.45, 7) is 5.50. The van der Waals surface area contributed by atoms with Gasteiger partial charge in [-0.2, -0.15) is 4.98 Å². The molecular formula is C10H18ClN5O2S. The number of hydrogen-bond donors (Lipinski definition) is 3. The molecule has 0 amide bonds. The molecule has 9 heteroatoms. The number of hydrogen-bond acceptors (Lipinski definition) is 6. The first-order valence-electron chi connectivity index (χ1n) is 5.52. The fourth-order valence-corrected chi connectivity index (χ4v) is 2.81. The Hall–Kier alpha value is -1.12. The van der Waals surface area contributed by atoms with Gasteiger partial charge in [0.05, 0.1) is 17.6 Å². The van der Waals surface area contributed by atoms with Crippen LogP contribution in [0.2, 0.25) is 5.28 Å². The molecule has 0 saturated heterocycles. The Labute approximate surface area is 118 Å². The highest BCUT2D eigenvalue weighted by Crippen LogP contribution is 2.21. The predicted octanol–water partition coefficient (Wildman–Crippen LogP) is 0.760. The lowest BCUT2D eigenvalue weighted by atomic mass is 10.1. The lowest BCUT2D eigenvalue weighted by Gasteiger charge is -2.26. The van der Waals surface area contributed by atoms with E-state index in [4.69, 9.17) is 17.3 Å². The SMILES string of the molecule is Cc1nc(Cl)nc(NCC(C)(C)NS(C)(=O)=O)c1N. The number of nitrogens with two attached hydrogens (primary N) is 1. The van der Waals surface area contributed by atoms with E-state index in [0.29, 0.717) is 23.7 Å². The summed E-state index contributed by atoms with van der Waals surface area (Å²) in [6.07, 6.45) is 1.11. The summed E-state index contributed by atoms with van der Waals surface area (Å²) in [5.74, 6) is 0.390. The minimum Gasteiger partial charge on any atom is -0.394 e. The van der Waals surface area contributed by atoms with Gasteiger partial charge in [0.15, 0.2) is 5.82 Å². The number of aromatic nitrogens is 2. The van der Waals surface area contributed by atoms with E-state index >= 15 is 0 Å². The molecule has 4 N–H and O–H groups in total. The van der Waals surface area contributed by atoms with Gasteiger partial charge in [-0.1, -0.05) is 0 Å². The highest BCUT2D eigenvalue weighted by molar-refractivity contribution is 7.88. The zero-order valence-corrected chi connectivity index (χ0v) is 12.9. The van der Waals surface area contributed by atoms with E-state index in [1.54, 1.807) is 20.8 Å². The van der Waals surface area contributed by atoms with Crippen LogP contribution < -0.4 is 15.8 Å². The molecule has 1 heterocycles. The maximum atomic E-state index is 11.2. The van der Waals surface area contributed by atoms with Crippen LogP contribution in [0.15, 0.2) is 0 Å². The topological polar surface area (TPSA) is 110 Å². The average Bonchev–Trinajstić information content (AvgIpc) is 2.17. The Bertz CT molecular complexity index is 574. The average molecular weight is 308 g/mol. The van der Waals surface area contributed by atoms with E-state index in [0.717, 1.165) is 6.26 Å². The first kappa shape index (κ1) is 15.9. The normalized spacial score (nSPS) is 12.5. The van der Waals surface area contributed by atoms with Crippen molar-refractivity contribution in [3.05, 3.63) is 11.0 Å². The largest absolute Gasteiger partial charge is 0.394 e. The molecule has 0 spiro atoms. The number of sulfonamides is 1. The molecule has 0 aliphatic heterocycles. The highest BCUT2D eigenvalue weighted by Gasteiger charge is 2.22. The molecule has 0 unspecified atom stereocenters. The summed E-state index contributed by atoms with van der Waals surface area (Å²) in [6, 6.07) is 0. The molecule has 1 aromatic rings. The Kier molecular flexibility index (Phi) is 4.59. The van der Waals surface area contributed by atoms with Gasteiger partial charge in [0, 0.05) is 12.1 Å². The third-order valence-corrected chi connectivity index (χ3v) is 3.36. The minimum absolute atomic E-state index is 0.0862. The second kappa shape index (κ2) is 5.48. The second-order valence-electron chi connectivity index (χ2n) is 4.95. The smallest absolute Gasteiger partial charge is 0.224 e. The number of anilines is 2. The molecule has 0 atom stereocenters. The number of aryl methyl sites for hydroxylation is 1. The molecule has 1 aromatic heterocycles. The third kappa shape index (κ3) is 5.17. The minimum atomic E-state index is -3.29. The van der Waals surface area contributed by atoms with Gasteiger partial charge in [-0.05, 0) is 32.4 Å². The zero-order chi connectivity index (χ0) is 14.8. The van der Waals surface area contributed by atoms with Crippen molar-refractivity contribution in [3.8, 4) is 0 Å². The monoisotopic (exact) mass is 307 g/mol. The Balaban J connectivity index is 2.82. The van der Waals surface area contributed by atoms with E-state index in [9.17, 15) is 8.42 Å². The van der Waals surface area contributed by atoms with Crippen molar-refractivity contribution in [1.82, 2.24) is 14.7 Å². The van der Waals surface area contributed by atoms with Crippen LogP contribution in [0, 0.1) is 6.92 Å². The van der Waals surface area contributed by atoms with Crippen molar-refractivity contribution >= 4 is 33.1 Å². The second-order valence-corrected chi connectivity index (χ2v) is 7.04. The van der Waals surface area contributed by atoms with Gasteiger partial charge < -0.3 is 11.1 Å². The van der Waals surface area contributed by atoms with Crippen LogP contribution in [0.5, 0.6) is 0 Å². The van der Waals surface area contributed by atoms with Gasteiger partial charge in [0.25, 0.3) is 0 Å². The van der Waals surface area contributed by atoms with E-state index < -0.39 is 15.6 Å². The maximum Gasteiger partial charge on any atom is 0.224 e. The van der Waals surface area contributed by atoms with Crippen LogP contribution in [0.1, 0.15) is 19.5 Å². The van der Waals surface area contributed by atoms with E-state index in [1.807, 2.05) is 0 Å². The van der Waals surface area contributed by atoms with E-state index in [1.165, 1.54) is 0 Å².